The van der Waals surface area contributed by atoms with Crippen molar-refractivity contribution in [3.05, 3.63) is 21.9 Å². The molecule has 0 unspecified atom stereocenters. The summed E-state index contributed by atoms with van der Waals surface area (Å²) in [7, 11) is 0. The van der Waals surface area contributed by atoms with Crippen molar-refractivity contribution in [2.45, 2.75) is 64.0 Å². The summed E-state index contributed by atoms with van der Waals surface area (Å²) < 4.78 is 0. The Balaban J connectivity index is 1.93. The quantitative estimate of drug-likeness (QED) is 0.787. The summed E-state index contributed by atoms with van der Waals surface area (Å²) in [6.45, 7) is 1.85. The molecule has 3 nitrogen and oxygen atoms in total. The van der Waals surface area contributed by atoms with Crippen molar-refractivity contribution in [1.82, 2.24) is 0 Å². The van der Waals surface area contributed by atoms with Crippen molar-refractivity contribution in [3.8, 4) is 0 Å². The molecule has 0 aliphatic heterocycles. The van der Waals surface area contributed by atoms with Gasteiger partial charge in [0.1, 0.15) is 6.10 Å². The molecule has 1 aromatic heterocycles. The topological polar surface area (TPSA) is 63.3 Å². The summed E-state index contributed by atoms with van der Waals surface area (Å²) in [5.74, 6) is 0.791. The number of ketones is 1. The first-order chi connectivity index (χ1) is 9.61. The van der Waals surface area contributed by atoms with Gasteiger partial charge in [-0.25, -0.2) is 0 Å². The van der Waals surface area contributed by atoms with Gasteiger partial charge in [0.15, 0.2) is 5.78 Å². The van der Waals surface area contributed by atoms with E-state index in [9.17, 15) is 9.90 Å². The van der Waals surface area contributed by atoms with Crippen molar-refractivity contribution < 1.29 is 9.90 Å². The van der Waals surface area contributed by atoms with Crippen LogP contribution in [0.15, 0.2) is 12.1 Å². The largest absolute Gasteiger partial charge is 0.386 e. The lowest BCUT2D eigenvalue weighted by Crippen LogP contribution is -2.31. The third kappa shape index (κ3) is 3.90. The summed E-state index contributed by atoms with van der Waals surface area (Å²) in [5.41, 5.74) is 6.17. The highest BCUT2D eigenvalue weighted by Crippen LogP contribution is 2.32. The standard InChI is InChI=1S/C16H25NO2S/c1-2-13(18)14-8-9-15(20-14)16(19)12(17)10-11-6-4-3-5-7-11/h8-9,11-12,16,19H,2-7,10,17H2,1H3/t12-,16+/m1/s1. The molecular formula is C16H25NO2S. The van der Waals surface area contributed by atoms with Gasteiger partial charge in [0.25, 0.3) is 0 Å². The number of Topliss-reactive ketones (excluding diaryl/α,β-unsaturated/α-hetero) is 1. The monoisotopic (exact) mass is 295 g/mol. The van der Waals surface area contributed by atoms with Gasteiger partial charge in [-0.3, -0.25) is 4.79 Å². The van der Waals surface area contributed by atoms with E-state index in [1.807, 2.05) is 19.1 Å². The Kier molecular flexibility index (Phi) is 5.75. The number of aliphatic hydroxyl groups excluding tert-OH is 1. The van der Waals surface area contributed by atoms with Crippen molar-refractivity contribution in [1.29, 1.82) is 0 Å². The van der Waals surface area contributed by atoms with E-state index in [1.54, 1.807) is 0 Å². The van der Waals surface area contributed by atoms with Gasteiger partial charge in [0, 0.05) is 17.3 Å². The predicted octanol–water partition coefficient (Wildman–Crippen LogP) is 3.67. The third-order valence-electron chi connectivity index (χ3n) is 4.25. The van der Waals surface area contributed by atoms with Crippen LogP contribution in [0.4, 0.5) is 0 Å². The second-order valence-electron chi connectivity index (χ2n) is 5.83. The van der Waals surface area contributed by atoms with E-state index in [1.165, 1.54) is 43.4 Å². The van der Waals surface area contributed by atoms with E-state index in [4.69, 9.17) is 5.73 Å². The smallest absolute Gasteiger partial charge is 0.172 e. The number of nitrogens with two attached hydrogens (primary N) is 1. The first-order valence-electron chi connectivity index (χ1n) is 7.68. The molecule has 112 valence electrons. The van der Waals surface area contributed by atoms with Gasteiger partial charge in [-0.15, -0.1) is 11.3 Å². The second kappa shape index (κ2) is 7.34. The van der Waals surface area contributed by atoms with Crippen LogP contribution in [0.25, 0.3) is 0 Å². The number of aliphatic hydroxyl groups is 1. The Morgan fingerprint density at radius 2 is 2.10 bits per heavy atom. The van der Waals surface area contributed by atoms with Crippen LogP contribution < -0.4 is 5.73 Å². The van der Waals surface area contributed by atoms with E-state index in [2.05, 4.69) is 0 Å². The predicted molar refractivity (Wildman–Crippen MR) is 83.1 cm³/mol. The number of carbonyl (C=O) groups is 1. The highest BCUT2D eigenvalue weighted by atomic mass is 32.1. The van der Waals surface area contributed by atoms with Crippen LogP contribution in [-0.2, 0) is 0 Å². The summed E-state index contributed by atoms with van der Waals surface area (Å²) in [5, 5.41) is 10.4. The van der Waals surface area contributed by atoms with Crippen molar-refractivity contribution >= 4 is 17.1 Å². The fraction of sp³-hybridized carbons (Fsp3) is 0.688. The zero-order valence-corrected chi connectivity index (χ0v) is 13.0. The molecule has 0 radical (unpaired) electrons. The maximum atomic E-state index is 11.6. The Morgan fingerprint density at radius 1 is 1.40 bits per heavy atom. The van der Waals surface area contributed by atoms with Gasteiger partial charge < -0.3 is 10.8 Å². The second-order valence-corrected chi connectivity index (χ2v) is 6.94. The lowest BCUT2D eigenvalue weighted by molar-refractivity contribution is 0.0992. The molecule has 0 amide bonds. The molecule has 1 fully saturated rings. The molecule has 1 aliphatic carbocycles. The molecule has 1 heterocycles. The van der Waals surface area contributed by atoms with Crippen LogP contribution in [0.3, 0.4) is 0 Å². The number of thiophene rings is 1. The lowest BCUT2D eigenvalue weighted by atomic mass is 9.84. The Bertz CT molecular complexity index is 437. The van der Waals surface area contributed by atoms with Crippen LogP contribution >= 0.6 is 11.3 Å². The summed E-state index contributed by atoms with van der Waals surface area (Å²) in [4.78, 5) is 13.2. The summed E-state index contributed by atoms with van der Waals surface area (Å²) in [6, 6.07) is 3.43. The normalized spacial score (nSPS) is 19.8. The van der Waals surface area contributed by atoms with Gasteiger partial charge in [-0.1, -0.05) is 39.0 Å². The minimum atomic E-state index is -0.639. The zero-order chi connectivity index (χ0) is 14.5. The van der Waals surface area contributed by atoms with Crippen LogP contribution in [-0.4, -0.2) is 16.9 Å². The summed E-state index contributed by atoms with van der Waals surface area (Å²) in [6.07, 6.45) is 7.15. The van der Waals surface area contributed by atoms with E-state index in [0.717, 1.165) is 16.2 Å². The molecule has 1 aliphatic rings. The maximum Gasteiger partial charge on any atom is 0.172 e. The van der Waals surface area contributed by atoms with Crippen LogP contribution in [0.1, 0.15) is 72.5 Å². The minimum Gasteiger partial charge on any atom is -0.386 e. The molecule has 0 bridgehead atoms. The minimum absolute atomic E-state index is 0.134. The van der Waals surface area contributed by atoms with Gasteiger partial charge in [-0.05, 0) is 24.5 Å². The fourth-order valence-corrected chi connectivity index (χ4v) is 4.06. The van der Waals surface area contributed by atoms with Crippen molar-refractivity contribution in [2.75, 3.05) is 0 Å². The molecule has 3 N–H and O–H groups in total. The van der Waals surface area contributed by atoms with E-state index in [0.29, 0.717) is 12.3 Å². The van der Waals surface area contributed by atoms with Gasteiger partial charge in [0.2, 0.25) is 0 Å². The highest BCUT2D eigenvalue weighted by Gasteiger charge is 2.24. The molecule has 1 aromatic rings. The molecular weight excluding hydrogens is 270 g/mol. The number of rotatable bonds is 6. The van der Waals surface area contributed by atoms with Crippen LogP contribution in [0.2, 0.25) is 0 Å². The molecule has 0 spiro atoms. The van der Waals surface area contributed by atoms with Gasteiger partial charge in [0.05, 0.1) is 4.88 Å². The highest BCUT2D eigenvalue weighted by molar-refractivity contribution is 7.14. The Hall–Kier alpha value is -0.710. The van der Waals surface area contributed by atoms with Crippen LogP contribution in [0, 0.1) is 5.92 Å². The Labute approximate surface area is 125 Å². The number of carbonyl (C=O) groups excluding carboxylic acids is 1. The first-order valence-corrected chi connectivity index (χ1v) is 8.50. The molecule has 1 saturated carbocycles. The molecule has 0 saturated heterocycles. The number of hydrogen-bond acceptors (Lipinski definition) is 4. The molecule has 2 atom stereocenters. The third-order valence-corrected chi connectivity index (χ3v) is 5.45. The number of hydrogen-bond donors (Lipinski definition) is 2. The molecule has 20 heavy (non-hydrogen) atoms. The van der Waals surface area contributed by atoms with E-state index < -0.39 is 6.10 Å². The summed E-state index contributed by atoms with van der Waals surface area (Å²) >= 11 is 1.38. The zero-order valence-electron chi connectivity index (χ0n) is 12.2. The lowest BCUT2D eigenvalue weighted by Gasteiger charge is -2.26. The van der Waals surface area contributed by atoms with E-state index in [-0.39, 0.29) is 11.8 Å². The van der Waals surface area contributed by atoms with Crippen LogP contribution in [0.5, 0.6) is 0 Å². The SMILES string of the molecule is CCC(=O)c1ccc([C@@H](O)[C@H](N)CC2CCCCC2)s1. The van der Waals surface area contributed by atoms with Gasteiger partial charge >= 0.3 is 0 Å². The van der Waals surface area contributed by atoms with E-state index >= 15 is 0 Å². The maximum absolute atomic E-state index is 11.6. The average Bonchev–Trinajstić information content (AvgIpc) is 2.96. The average molecular weight is 295 g/mol. The molecule has 4 heteroatoms. The fourth-order valence-electron chi connectivity index (χ4n) is 2.98. The molecule has 0 aromatic carbocycles. The molecule has 2 rings (SSSR count). The van der Waals surface area contributed by atoms with Gasteiger partial charge in [-0.2, -0.15) is 0 Å². The van der Waals surface area contributed by atoms with Crippen molar-refractivity contribution in [2.24, 2.45) is 11.7 Å². The first kappa shape index (κ1) is 15.7. The Morgan fingerprint density at radius 3 is 2.75 bits per heavy atom. The van der Waals surface area contributed by atoms with Crippen molar-refractivity contribution in [3.63, 3.8) is 0 Å².